The van der Waals surface area contributed by atoms with Crippen molar-refractivity contribution in [1.82, 2.24) is 4.90 Å². The van der Waals surface area contributed by atoms with Gasteiger partial charge in [0, 0.05) is 18.8 Å². The standard InChI is InChI=1S/C20H21NO6S/c1-25-16-10-14-6-4-3-5-13(14)9-15(16)19(23)27-12-18(22)21-7-8-28-17(11-21)20(24)26-2/h3-6,9-10,17H,7-8,11-12H2,1-2H3/t17-/m0/s1. The normalized spacial score (nSPS) is 16.5. The van der Waals surface area contributed by atoms with E-state index in [2.05, 4.69) is 0 Å². The number of esters is 2. The minimum atomic E-state index is -0.633. The van der Waals surface area contributed by atoms with Crippen LogP contribution in [0.4, 0.5) is 0 Å². The van der Waals surface area contributed by atoms with E-state index in [1.807, 2.05) is 24.3 Å². The molecule has 148 valence electrons. The van der Waals surface area contributed by atoms with Crippen LogP contribution in [0.2, 0.25) is 0 Å². The first-order valence-electron chi connectivity index (χ1n) is 8.74. The van der Waals surface area contributed by atoms with Crippen LogP contribution in [0.25, 0.3) is 10.8 Å². The Morgan fingerprint density at radius 3 is 2.54 bits per heavy atom. The molecule has 1 saturated heterocycles. The molecule has 2 aromatic rings. The van der Waals surface area contributed by atoms with E-state index < -0.39 is 17.8 Å². The van der Waals surface area contributed by atoms with E-state index in [1.165, 1.54) is 30.9 Å². The van der Waals surface area contributed by atoms with Crippen LogP contribution >= 0.6 is 11.8 Å². The summed E-state index contributed by atoms with van der Waals surface area (Å²) in [6.07, 6.45) is 0. The number of fused-ring (bicyclic) bond motifs is 1. The van der Waals surface area contributed by atoms with E-state index in [4.69, 9.17) is 14.2 Å². The van der Waals surface area contributed by atoms with E-state index in [1.54, 1.807) is 12.1 Å². The summed E-state index contributed by atoms with van der Waals surface area (Å²) in [6, 6.07) is 11.0. The maximum absolute atomic E-state index is 12.5. The predicted molar refractivity (Wildman–Crippen MR) is 106 cm³/mol. The van der Waals surface area contributed by atoms with Crippen LogP contribution in [-0.2, 0) is 19.1 Å². The van der Waals surface area contributed by atoms with Crippen LogP contribution in [0.1, 0.15) is 10.4 Å². The highest BCUT2D eigenvalue weighted by atomic mass is 32.2. The summed E-state index contributed by atoms with van der Waals surface area (Å²) in [5.74, 6) is -0.330. The Kier molecular flexibility index (Phi) is 6.41. The third-order valence-corrected chi connectivity index (χ3v) is 5.66. The maximum atomic E-state index is 12.5. The molecule has 7 nitrogen and oxygen atoms in total. The number of benzene rings is 2. The minimum absolute atomic E-state index is 0.243. The van der Waals surface area contributed by atoms with Crippen molar-refractivity contribution >= 4 is 40.4 Å². The summed E-state index contributed by atoms with van der Waals surface area (Å²) < 4.78 is 15.3. The molecule has 1 atom stereocenters. The molecule has 0 saturated carbocycles. The molecule has 2 aromatic carbocycles. The van der Waals surface area contributed by atoms with E-state index in [-0.39, 0.29) is 24.0 Å². The number of ether oxygens (including phenoxy) is 3. The van der Waals surface area contributed by atoms with Crippen molar-refractivity contribution in [3.8, 4) is 5.75 Å². The zero-order valence-electron chi connectivity index (χ0n) is 15.7. The van der Waals surface area contributed by atoms with E-state index in [0.29, 0.717) is 18.0 Å². The number of carbonyl (C=O) groups is 3. The molecular formula is C20H21NO6S. The third-order valence-electron chi connectivity index (χ3n) is 4.50. The van der Waals surface area contributed by atoms with Crippen molar-refractivity contribution in [3.05, 3.63) is 42.0 Å². The molecule has 1 amide bonds. The molecule has 3 rings (SSSR count). The Morgan fingerprint density at radius 1 is 1.14 bits per heavy atom. The summed E-state index contributed by atoms with van der Waals surface area (Å²) in [6.45, 7) is 0.342. The zero-order chi connectivity index (χ0) is 20.1. The van der Waals surface area contributed by atoms with Crippen LogP contribution < -0.4 is 4.74 Å². The van der Waals surface area contributed by atoms with Crippen LogP contribution in [0.15, 0.2) is 36.4 Å². The SMILES string of the molecule is COC(=O)[C@@H]1CN(C(=O)COC(=O)c2cc3ccccc3cc2OC)CCS1. The summed E-state index contributed by atoms with van der Waals surface area (Å²) in [4.78, 5) is 38.1. The van der Waals surface area contributed by atoms with E-state index in [0.717, 1.165) is 10.8 Å². The Hall–Kier alpha value is -2.74. The molecule has 1 aliphatic rings. The summed E-state index contributed by atoms with van der Waals surface area (Å²) in [5.41, 5.74) is 0.260. The lowest BCUT2D eigenvalue weighted by Gasteiger charge is -2.30. The van der Waals surface area contributed by atoms with Crippen LogP contribution in [-0.4, -0.2) is 67.7 Å². The number of hydrogen-bond donors (Lipinski definition) is 0. The van der Waals surface area contributed by atoms with Gasteiger partial charge in [0.15, 0.2) is 6.61 Å². The number of carbonyl (C=O) groups excluding carboxylic acids is 3. The molecule has 0 spiro atoms. The number of thioether (sulfide) groups is 1. The molecule has 0 N–H and O–H groups in total. The second-order valence-electron chi connectivity index (χ2n) is 6.20. The smallest absolute Gasteiger partial charge is 0.342 e. The molecule has 1 heterocycles. The maximum Gasteiger partial charge on any atom is 0.342 e. The minimum Gasteiger partial charge on any atom is -0.496 e. The number of hydrogen-bond acceptors (Lipinski definition) is 7. The lowest BCUT2D eigenvalue weighted by atomic mass is 10.1. The van der Waals surface area contributed by atoms with Gasteiger partial charge in [-0.25, -0.2) is 4.79 Å². The van der Waals surface area contributed by atoms with Gasteiger partial charge in [0.25, 0.3) is 5.91 Å². The highest BCUT2D eigenvalue weighted by Crippen LogP contribution is 2.26. The fraction of sp³-hybridized carbons (Fsp3) is 0.350. The molecule has 0 unspecified atom stereocenters. The van der Waals surface area contributed by atoms with Gasteiger partial charge in [-0.1, -0.05) is 24.3 Å². The Balaban J connectivity index is 1.66. The molecule has 8 heteroatoms. The second-order valence-corrected chi connectivity index (χ2v) is 7.51. The van der Waals surface area contributed by atoms with Gasteiger partial charge in [0.2, 0.25) is 0 Å². The fourth-order valence-corrected chi connectivity index (χ4v) is 4.12. The molecule has 0 aliphatic carbocycles. The first-order valence-corrected chi connectivity index (χ1v) is 9.79. The summed E-state index contributed by atoms with van der Waals surface area (Å²) in [7, 11) is 2.80. The van der Waals surface area contributed by atoms with Crippen LogP contribution in [0, 0.1) is 0 Å². The lowest BCUT2D eigenvalue weighted by molar-refractivity contribution is -0.141. The highest BCUT2D eigenvalue weighted by Gasteiger charge is 2.30. The predicted octanol–water partition coefficient (Wildman–Crippen LogP) is 2.12. The van der Waals surface area contributed by atoms with E-state index >= 15 is 0 Å². The van der Waals surface area contributed by atoms with Gasteiger partial charge in [-0.15, -0.1) is 11.8 Å². The second kappa shape index (κ2) is 8.97. The van der Waals surface area contributed by atoms with Crippen LogP contribution in [0.3, 0.4) is 0 Å². The summed E-state index contributed by atoms with van der Waals surface area (Å²) in [5, 5.41) is 1.39. The highest BCUT2D eigenvalue weighted by molar-refractivity contribution is 8.00. The van der Waals surface area contributed by atoms with Crippen molar-refractivity contribution in [1.29, 1.82) is 0 Å². The van der Waals surface area contributed by atoms with Gasteiger partial charge >= 0.3 is 11.9 Å². The van der Waals surface area contributed by atoms with Gasteiger partial charge < -0.3 is 19.1 Å². The zero-order valence-corrected chi connectivity index (χ0v) is 16.5. The molecule has 0 aromatic heterocycles. The molecule has 1 fully saturated rings. The number of nitrogens with zero attached hydrogens (tertiary/aromatic N) is 1. The Bertz CT molecular complexity index is 899. The van der Waals surface area contributed by atoms with Gasteiger partial charge in [0.1, 0.15) is 16.6 Å². The fourth-order valence-electron chi connectivity index (χ4n) is 2.99. The number of rotatable bonds is 5. The summed E-state index contributed by atoms with van der Waals surface area (Å²) >= 11 is 1.45. The van der Waals surface area contributed by atoms with Crippen molar-refractivity contribution in [2.45, 2.75) is 5.25 Å². The topological polar surface area (TPSA) is 82.1 Å². The Morgan fingerprint density at radius 2 is 1.86 bits per heavy atom. The number of amides is 1. The largest absolute Gasteiger partial charge is 0.496 e. The molecule has 1 aliphatic heterocycles. The molecule has 0 bridgehead atoms. The first-order chi connectivity index (χ1) is 13.5. The quantitative estimate of drug-likeness (QED) is 0.707. The van der Waals surface area contributed by atoms with Gasteiger partial charge in [-0.05, 0) is 22.9 Å². The first kappa shape index (κ1) is 20.0. The lowest BCUT2D eigenvalue weighted by Crippen LogP contribution is -2.46. The van der Waals surface area contributed by atoms with Crippen molar-refractivity contribution in [3.63, 3.8) is 0 Å². The molecule has 0 radical (unpaired) electrons. The average molecular weight is 403 g/mol. The average Bonchev–Trinajstić information content (AvgIpc) is 2.75. The van der Waals surface area contributed by atoms with Gasteiger partial charge in [-0.2, -0.15) is 0 Å². The van der Waals surface area contributed by atoms with Crippen molar-refractivity contribution < 1.29 is 28.6 Å². The van der Waals surface area contributed by atoms with Gasteiger partial charge in [0.05, 0.1) is 14.2 Å². The van der Waals surface area contributed by atoms with Crippen molar-refractivity contribution in [2.75, 3.05) is 39.7 Å². The monoisotopic (exact) mass is 403 g/mol. The molecule has 28 heavy (non-hydrogen) atoms. The van der Waals surface area contributed by atoms with Crippen molar-refractivity contribution in [2.24, 2.45) is 0 Å². The van der Waals surface area contributed by atoms with Gasteiger partial charge in [-0.3, -0.25) is 9.59 Å². The van der Waals surface area contributed by atoms with Crippen LogP contribution in [0.5, 0.6) is 5.75 Å². The third kappa shape index (κ3) is 4.39. The Labute approximate surface area is 166 Å². The molecular weight excluding hydrogens is 382 g/mol. The van der Waals surface area contributed by atoms with E-state index in [9.17, 15) is 14.4 Å². The number of methoxy groups -OCH3 is 2.